The Labute approximate surface area is 119 Å². The van der Waals surface area contributed by atoms with Gasteiger partial charge in [-0.1, -0.05) is 46.3 Å². The van der Waals surface area contributed by atoms with Crippen LogP contribution in [0.15, 0.2) is 53.0 Å². The van der Waals surface area contributed by atoms with E-state index in [4.69, 9.17) is 0 Å². The molecule has 2 aromatic rings. The largest absolute Gasteiger partial charge is 0.363 e. The number of hydrogen-bond donors (Lipinski definition) is 1. The molecule has 1 unspecified atom stereocenters. The van der Waals surface area contributed by atoms with Crippen LogP contribution in [-0.4, -0.2) is 23.0 Å². The van der Waals surface area contributed by atoms with Gasteiger partial charge in [-0.2, -0.15) is 0 Å². The molecule has 1 heterocycles. The molecule has 96 valence electrons. The van der Waals surface area contributed by atoms with Gasteiger partial charge in [0.05, 0.1) is 0 Å². The van der Waals surface area contributed by atoms with Crippen molar-refractivity contribution in [1.82, 2.24) is 4.90 Å². The van der Waals surface area contributed by atoms with Crippen molar-refractivity contribution in [2.75, 3.05) is 7.05 Å². The van der Waals surface area contributed by atoms with E-state index in [0.717, 1.165) is 4.47 Å². The molecule has 0 aliphatic carbocycles. The fraction of sp³-hybridized carbons (Fsp3) is 0.133. The minimum atomic E-state index is -1.39. The molecule has 1 amide bonds. The standard InChI is InChI=1S/C15H12BrNO2/c1-17-14(18)12-4-2-3-5-13(12)15(17,19)10-6-8-11(16)9-7-10/h2-9,19H,1H3. The van der Waals surface area contributed by atoms with Crippen LogP contribution in [0.3, 0.4) is 0 Å². The van der Waals surface area contributed by atoms with E-state index in [1.54, 1.807) is 25.2 Å². The maximum atomic E-state index is 12.2. The van der Waals surface area contributed by atoms with E-state index in [9.17, 15) is 9.90 Å². The van der Waals surface area contributed by atoms with Crippen LogP contribution < -0.4 is 0 Å². The lowest BCUT2D eigenvalue weighted by Crippen LogP contribution is -2.41. The van der Waals surface area contributed by atoms with Gasteiger partial charge in [0.1, 0.15) is 0 Å². The quantitative estimate of drug-likeness (QED) is 0.878. The van der Waals surface area contributed by atoms with Crippen molar-refractivity contribution in [2.24, 2.45) is 0 Å². The zero-order chi connectivity index (χ0) is 13.6. The number of rotatable bonds is 1. The zero-order valence-corrected chi connectivity index (χ0v) is 11.9. The number of nitrogens with zero attached hydrogens (tertiary/aromatic N) is 1. The first kappa shape index (κ1) is 12.4. The smallest absolute Gasteiger partial charge is 0.256 e. The Morgan fingerprint density at radius 2 is 1.74 bits per heavy atom. The summed E-state index contributed by atoms with van der Waals surface area (Å²) in [5.41, 5.74) is 0.464. The van der Waals surface area contributed by atoms with Crippen molar-refractivity contribution in [3.8, 4) is 0 Å². The number of halogens is 1. The van der Waals surface area contributed by atoms with Crippen LogP contribution >= 0.6 is 15.9 Å². The Morgan fingerprint density at radius 3 is 2.42 bits per heavy atom. The maximum absolute atomic E-state index is 12.2. The fourth-order valence-electron chi connectivity index (χ4n) is 2.51. The van der Waals surface area contributed by atoms with Crippen molar-refractivity contribution in [1.29, 1.82) is 0 Å². The predicted octanol–water partition coefficient (Wildman–Crippen LogP) is 2.73. The molecule has 0 fully saturated rings. The first-order valence-corrected chi connectivity index (χ1v) is 6.70. The second-order valence-electron chi connectivity index (χ2n) is 4.59. The van der Waals surface area contributed by atoms with Crippen molar-refractivity contribution in [3.63, 3.8) is 0 Å². The normalized spacial score (nSPS) is 21.6. The predicted molar refractivity (Wildman–Crippen MR) is 75.7 cm³/mol. The molecule has 0 radical (unpaired) electrons. The van der Waals surface area contributed by atoms with Gasteiger partial charge in [0.2, 0.25) is 0 Å². The van der Waals surface area contributed by atoms with Gasteiger partial charge >= 0.3 is 0 Å². The molecule has 3 nitrogen and oxygen atoms in total. The monoisotopic (exact) mass is 317 g/mol. The molecule has 0 spiro atoms. The van der Waals surface area contributed by atoms with Crippen molar-refractivity contribution < 1.29 is 9.90 Å². The van der Waals surface area contributed by atoms with E-state index < -0.39 is 5.72 Å². The minimum Gasteiger partial charge on any atom is -0.363 e. The second kappa shape index (κ2) is 4.18. The first-order valence-electron chi connectivity index (χ1n) is 5.91. The Morgan fingerprint density at radius 1 is 1.11 bits per heavy atom. The van der Waals surface area contributed by atoms with Gasteiger partial charge in [0.15, 0.2) is 5.72 Å². The molecule has 4 heteroatoms. The van der Waals surface area contributed by atoms with Gasteiger partial charge < -0.3 is 10.0 Å². The highest BCUT2D eigenvalue weighted by molar-refractivity contribution is 9.10. The molecule has 0 aromatic heterocycles. The SMILES string of the molecule is CN1C(=O)c2ccccc2C1(O)c1ccc(Br)cc1. The van der Waals surface area contributed by atoms with Crippen molar-refractivity contribution in [2.45, 2.75) is 5.72 Å². The van der Waals surface area contributed by atoms with Crippen LogP contribution in [0.4, 0.5) is 0 Å². The molecule has 19 heavy (non-hydrogen) atoms. The van der Waals surface area contributed by atoms with E-state index in [1.807, 2.05) is 30.3 Å². The molecule has 1 aliphatic heterocycles. The van der Waals surface area contributed by atoms with Crippen LogP contribution in [0.25, 0.3) is 0 Å². The zero-order valence-electron chi connectivity index (χ0n) is 10.3. The maximum Gasteiger partial charge on any atom is 0.256 e. The third kappa shape index (κ3) is 1.64. The van der Waals surface area contributed by atoms with Gasteiger partial charge in [-0.25, -0.2) is 0 Å². The van der Waals surface area contributed by atoms with Gasteiger partial charge in [0.25, 0.3) is 5.91 Å². The number of carbonyl (C=O) groups is 1. The van der Waals surface area contributed by atoms with E-state index in [2.05, 4.69) is 15.9 Å². The molecule has 3 rings (SSSR count). The molecule has 0 saturated heterocycles. The van der Waals surface area contributed by atoms with E-state index in [-0.39, 0.29) is 5.91 Å². The highest BCUT2D eigenvalue weighted by Gasteiger charge is 2.47. The van der Waals surface area contributed by atoms with Gasteiger partial charge in [-0.05, 0) is 18.2 Å². The lowest BCUT2D eigenvalue weighted by Gasteiger charge is -2.31. The Kier molecular flexibility index (Phi) is 2.73. The number of benzene rings is 2. The first-order chi connectivity index (χ1) is 9.05. The third-order valence-electron chi connectivity index (χ3n) is 3.57. The lowest BCUT2D eigenvalue weighted by molar-refractivity contribution is -0.0369. The fourth-order valence-corrected chi connectivity index (χ4v) is 2.78. The topological polar surface area (TPSA) is 40.5 Å². The molecule has 0 saturated carbocycles. The molecular weight excluding hydrogens is 306 g/mol. The summed E-state index contributed by atoms with van der Waals surface area (Å²) in [5, 5.41) is 11.0. The lowest BCUT2D eigenvalue weighted by atomic mass is 9.94. The second-order valence-corrected chi connectivity index (χ2v) is 5.50. The molecular formula is C15H12BrNO2. The number of aliphatic hydroxyl groups is 1. The summed E-state index contributed by atoms with van der Waals surface area (Å²) in [5.74, 6) is -0.166. The van der Waals surface area contributed by atoms with E-state index in [0.29, 0.717) is 16.7 Å². The average Bonchev–Trinajstić information content (AvgIpc) is 2.63. The summed E-state index contributed by atoms with van der Waals surface area (Å²) in [6, 6.07) is 14.5. The summed E-state index contributed by atoms with van der Waals surface area (Å²) >= 11 is 3.37. The number of hydrogen-bond acceptors (Lipinski definition) is 2. The minimum absolute atomic E-state index is 0.166. The third-order valence-corrected chi connectivity index (χ3v) is 4.10. The number of amides is 1. The summed E-state index contributed by atoms with van der Waals surface area (Å²) in [4.78, 5) is 13.6. The Bertz CT molecular complexity index is 653. The van der Waals surface area contributed by atoms with Crippen LogP contribution in [-0.2, 0) is 5.72 Å². The highest BCUT2D eigenvalue weighted by atomic mass is 79.9. The van der Waals surface area contributed by atoms with Crippen LogP contribution in [0, 0.1) is 0 Å². The average molecular weight is 318 g/mol. The van der Waals surface area contributed by atoms with E-state index in [1.165, 1.54) is 4.90 Å². The Balaban J connectivity index is 2.23. The van der Waals surface area contributed by atoms with Gasteiger partial charge in [-0.3, -0.25) is 4.79 Å². The number of carbonyl (C=O) groups excluding carboxylic acids is 1. The van der Waals surface area contributed by atoms with E-state index >= 15 is 0 Å². The summed E-state index contributed by atoms with van der Waals surface area (Å²) in [6.45, 7) is 0. The van der Waals surface area contributed by atoms with Gasteiger partial charge in [0, 0.05) is 28.2 Å². The Hall–Kier alpha value is -1.65. The van der Waals surface area contributed by atoms with Crippen LogP contribution in [0.5, 0.6) is 0 Å². The van der Waals surface area contributed by atoms with Crippen LogP contribution in [0.2, 0.25) is 0 Å². The summed E-state index contributed by atoms with van der Waals surface area (Å²) < 4.78 is 0.931. The van der Waals surface area contributed by atoms with Gasteiger partial charge in [-0.15, -0.1) is 0 Å². The summed E-state index contributed by atoms with van der Waals surface area (Å²) in [7, 11) is 1.62. The molecule has 1 aliphatic rings. The van der Waals surface area contributed by atoms with Crippen molar-refractivity contribution in [3.05, 3.63) is 69.7 Å². The molecule has 2 aromatic carbocycles. The number of fused-ring (bicyclic) bond motifs is 1. The van der Waals surface area contributed by atoms with Crippen LogP contribution in [0.1, 0.15) is 21.5 Å². The molecule has 0 bridgehead atoms. The van der Waals surface area contributed by atoms with Crippen molar-refractivity contribution >= 4 is 21.8 Å². The molecule has 1 atom stereocenters. The summed E-state index contributed by atoms with van der Waals surface area (Å²) in [6.07, 6.45) is 0. The molecule has 1 N–H and O–H groups in total. The highest BCUT2D eigenvalue weighted by Crippen LogP contribution is 2.41.